The van der Waals surface area contributed by atoms with Crippen molar-refractivity contribution in [2.24, 2.45) is 0 Å². The summed E-state index contributed by atoms with van der Waals surface area (Å²) in [6.07, 6.45) is 2.94. The van der Waals surface area contributed by atoms with E-state index in [1.165, 1.54) is 0 Å². The van der Waals surface area contributed by atoms with E-state index in [0.717, 1.165) is 29.3 Å². The lowest BCUT2D eigenvalue weighted by atomic mass is 10.1. The molecule has 1 aliphatic heterocycles. The maximum Gasteiger partial charge on any atom is 0.243 e. The topological polar surface area (TPSA) is 63.4 Å². The average Bonchev–Trinajstić information content (AvgIpc) is 2.34. The standard InChI is InChI=1S/C13H19BrN2O2S/c1-9-7-11(14)12(15)8-13(9)19(17,18)16-6-4-3-5-10(16)2/h7-8,10H,3-6,15H2,1-2H3. The van der Waals surface area contributed by atoms with E-state index in [-0.39, 0.29) is 6.04 Å². The van der Waals surface area contributed by atoms with E-state index in [2.05, 4.69) is 15.9 Å². The number of hydrogen-bond acceptors (Lipinski definition) is 3. The molecule has 4 nitrogen and oxygen atoms in total. The van der Waals surface area contributed by atoms with Gasteiger partial charge in [-0.2, -0.15) is 4.31 Å². The van der Waals surface area contributed by atoms with Crippen LogP contribution in [-0.2, 0) is 10.0 Å². The number of nitrogens with two attached hydrogens (primary N) is 1. The Bertz CT molecular complexity index is 587. The lowest BCUT2D eigenvalue weighted by Gasteiger charge is -2.32. The van der Waals surface area contributed by atoms with Gasteiger partial charge in [0.2, 0.25) is 10.0 Å². The maximum atomic E-state index is 12.7. The van der Waals surface area contributed by atoms with E-state index in [9.17, 15) is 8.42 Å². The monoisotopic (exact) mass is 346 g/mol. The Labute approximate surface area is 123 Å². The predicted molar refractivity (Wildman–Crippen MR) is 80.5 cm³/mol. The SMILES string of the molecule is Cc1cc(Br)c(N)cc1S(=O)(=O)N1CCCCC1C. The summed E-state index contributed by atoms with van der Waals surface area (Å²) in [5.74, 6) is 0. The van der Waals surface area contributed by atoms with Gasteiger partial charge in [0.05, 0.1) is 4.90 Å². The summed E-state index contributed by atoms with van der Waals surface area (Å²) in [4.78, 5) is 0.321. The largest absolute Gasteiger partial charge is 0.398 e. The molecule has 1 fully saturated rings. The fourth-order valence-electron chi connectivity index (χ4n) is 2.50. The van der Waals surface area contributed by atoms with Crippen LogP contribution in [0.5, 0.6) is 0 Å². The Kier molecular flexibility index (Phi) is 4.23. The first-order valence-electron chi connectivity index (χ1n) is 6.41. The minimum absolute atomic E-state index is 0.0584. The minimum atomic E-state index is -3.45. The van der Waals surface area contributed by atoms with E-state index in [4.69, 9.17) is 5.73 Å². The molecule has 1 aromatic rings. The van der Waals surface area contributed by atoms with Gasteiger partial charge in [0.1, 0.15) is 0 Å². The van der Waals surface area contributed by atoms with E-state index in [1.807, 2.05) is 6.92 Å². The molecule has 0 aliphatic carbocycles. The number of hydrogen-bond donors (Lipinski definition) is 1. The van der Waals surface area contributed by atoms with E-state index in [0.29, 0.717) is 17.1 Å². The van der Waals surface area contributed by atoms with Crippen molar-refractivity contribution >= 4 is 31.6 Å². The molecule has 1 heterocycles. The van der Waals surface area contributed by atoms with Crippen molar-refractivity contribution in [1.82, 2.24) is 4.31 Å². The number of nitrogens with zero attached hydrogens (tertiary/aromatic N) is 1. The predicted octanol–water partition coefficient (Wildman–Crippen LogP) is 2.90. The lowest BCUT2D eigenvalue weighted by molar-refractivity contribution is 0.268. The average molecular weight is 347 g/mol. The van der Waals surface area contributed by atoms with Gasteiger partial charge in [0.15, 0.2) is 0 Å². The summed E-state index contributed by atoms with van der Waals surface area (Å²) in [5.41, 5.74) is 6.99. The number of sulfonamides is 1. The molecular weight excluding hydrogens is 328 g/mol. The number of anilines is 1. The van der Waals surface area contributed by atoms with Crippen LogP contribution in [-0.4, -0.2) is 25.3 Å². The molecule has 0 amide bonds. The number of nitrogen functional groups attached to an aromatic ring is 1. The first kappa shape index (κ1) is 14.8. The van der Waals surface area contributed by atoms with Crippen LogP contribution in [0.2, 0.25) is 0 Å². The van der Waals surface area contributed by atoms with Crippen molar-refractivity contribution in [3.05, 3.63) is 22.2 Å². The summed E-state index contributed by atoms with van der Waals surface area (Å²) in [6, 6.07) is 3.37. The Hall–Kier alpha value is -0.590. The molecule has 1 atom stereocenters. The normalized spacial score (nSPS) is 21.5. The van der Waals surface area contributed by atoms with Crippen LogP contribution in [0.3, 0.4) is 0 Å². The number of piperidine rings is 1. The summed E-state index contributed by atoms with van der Waals surface area (Å²) in [7, 11) is -3.45. The molecule has 0 radical (unpaired) electrons. The van der Waals surface area contributed by atoms with E-state index < -0.39 is 10.0 Å². The van der Waals surface area contributed by atoms with Gasteiger partial charge in [0, 0.05) is 22.7 Å². The second-order valence-corrected chi connectivity index (χ2v) is 7.81. The van der Waals surface area contributed by atoms with Gasteiger partial charge in [-0.05, 0) is 60.3 Å². The number of halogens is 1. The molecule has 0 bridgehead atoms. The first-order valence-corrected chi connectivity index (χ1v) is 8.65. The molecule has 106 valence electrons. The van der Waals surface area contributed by atoms with Crippen LogP contribution in [0.4, 0.5) is 5.69 Å². The quantitative estimate of drug-likeness (QED) is 0.837. The van der Waals surface area contributed by atoms with E-state index in [1.54, 1.807) is 23.4 Å². The summed E-state index contributed by atoms with van der Waals surface area (Å²) < 4.78 is 27.8. The van der Waals surface area contributed by atoms with Crippen LogP contribution < -0.4 is 5.73 Å². The fourth-order valence-corrected chi connectivity index (χ4v) is 4.90. The van der Waals surface area contributed by atoms with Gasteiger partial charge >= 0.3 is 0 Å². The molecule has 1 unspecified atom stereocenters. The molecule has 19 heavy (non-hydrogen) atoms. The fraction of sp³-hybridized carbons (Fsp3) is 0.538. The van der Waals surface area contributed by atoms with Crippen molar-refractivity contribution in [3.63, 3.8) is 0 Å². The van der Waals surface area contributed by atoms with Crippen molar-refractivity contribution < 1.29 is 8.42 Å². The number of aryl methyl sites for hydroxylation is 1. The van der Waals surface area contributed by atoms with Gasteiger partial charge in [0.25, 0.3) is 0 Å². The van der Waals surface area contributed by atoms with Gasteiger partial charge in [-0.15, -0.1) is 0 Å². The van der Waals surface area contributed by atoms with Crippen LogP contribution in [0.1, 0.15) is 31.7 Å². The first-order chi connectivity index (χ1) is 8.84. The molecule has 2 rings (SSSR count). The summed E-state index contributed by atoms with van der Waals surface area (Å²) in [6.45, 7) is 4.36. The highest BCUT2D eigenvalue weighted by Gasteiger charge is 2.32. The van der Waals surface area contributed by atoms with Crippen LogP contribution in [0, 0.1) is 6.92 Å². The second kappa shape index (κ2) is 5.42. The third kappa shape index (κ3) is 2.80. The van der Waals surface area contributed by atoms with Crippen molar-refractivity contribution in [2.45, 2.75) is 44.0 Å². The number of benzene rings is 1. The molecule has 1 aliphatic rings. The minimum Gasteiger partial charge on any atom is -0.398 e. The zero-order valence-corrected chi connectivity index (χ0v) is 13.6. The molecule has 0 spiro atoms. The maximum absolute atomic E-state index is 12.7. The van der Waals surface area contributed by atoms with Crippen LogP contribution in [0.25, 0.3) is 0 Å². The van der Waals surface area contributed by atoms with Crippen molar-refractivity contribution in [2.75, 3.05) is 12.3 Å². The molecule has 0 aromatic heterocycles. The van der Waals surface area contributed by atoms with Gasteiger partial charge in [-0.3, -0.25) is 0 Å². The molecule has 1 saturated heterocycles. The second-order valence-electron chi connectivity index (χ2n) is 5.10. The Morgan fingerprint density at radius 3 is 2.68 bits per heavy atom. The van der Waals surface area contributed by atoms with Crippen molar-refractivity contribution in [1.29, 1.82) is 0 Å². The zero-order valence-electron chi connectivity index (χ0n) is 11.2. The highest BCUT2D eigenvalue weighted by molar-refractivity contribution is 9.10. The molecular formula is C13H19BrN2O2S. The molecule has 1 aromatic carbocycles. The Morgan fingerprint density at radius 2 is 2.05 bits per heavy atom. The number of rotatable bonds is 2. The smallest absolute Gasteiger partial charge is 0.243 e. The third-order valence-electron chi connectivity index (χ3n) is 3.62. The summed E-state index contributed by atoms with van der Waals surface area (Å²) in [5, 5.41) is 0. The molecule has 0 saturated carbocycles. The Balaban J connectivity index is 2.47. The van der Waals surface area contributed by atoms with Crippen molar-refractivity contribution in [3.8, 4) is 0 Å². The Morgan fingerprint density at radius 1 is 1.37 bits per heavy atom. The molecule has 6 heteroatoms. The van der Waals surface area contributed by atoms with Gasteiger partial charge in [-0.1, -0.05) is 6.42 Å². The van der Waals surface area contributed by atoms with Gasteiger partial charge in [-0.25, -0.2) is 8.42 Å². The highest BCUT2D eigenvalue weighted by atomic mass is 79.9. The molecule has 2 N–H and O–H groups in total. The summed E-state index contributed by atoms with van der Waals surface area (Å²) >= 11 is 3.32. The lowest BCUT2D eigenvalue weighted by Crippen LogP contribution is -2.42. The van der Waals surface area contributed by atoms with Gasteiger partial charge < -0.3 is 5.73 Å². The van der Waals surface area contributed by atoms with E-state index >= 15 is 0 Å². The highest BCUT2D eigenvalue weighted by Crippen LogP contribution is 2.31. The third-order valence-corrected chi connectivity index (χ3v) is 6.47. The van der Waals surface area contributed by atoms with Crippen LogP contribution in [0.15, 0.2) is 21.5 Å². The zero-order chi connectivity index (χ0) is 14.2. The van der Waals surface area contributed by atoms with Crippen LogP contribution >= 0.6 is 15.9 Å².